The number of hydrazone groups is 1. The normalized spacial score (nSPS) is 10.7. The van der Waals surface area contributed by atoms with Gasteiger partial charge in [0.1, 0.15) is 0 Å². The second kappa shape index (κ2) is 11.2. The number of nitro benzene ring substituents is 1. The fourth-order valence-corrected chi connectivity index (χ4v) is 3.07. The maximum atomic E-state index is 10.9. The second-order valence-electron chi connectivity index (χ2n) is 7.38. The van der Waals surface area contributed by atoms with Crippen molar-refractivity contribution in [3.05, 3.63) is 94.0 Å². The summed E-state index contributed by atoms with van der Waals surface area (Å²) in [6.45, 7) is 0.484. The van der Waals surface area contributed by atoms with E-state index in [4.69, 9.17) is 4.74 Å². The van der Waals surface area contributed by atoms with E-state index in [1.165, 1.54) is 31.5 Å². The molecular weight excluding hydrogens is 464 g/mol. The van der Waals surface area contributed by atoms with Crippen molar-refractivity contribution < 1.29 is 14.8 Å². The average molecular weight is 486 g/mol. The van der Waals surface area contributed by atoms with E-state index in [-0.39, 0.29) is 23.3 Å². The molecule has 0 radical (unpaired) electrons. The Morgan fingerprint density at radius 1 is 1.00 bits per heavy atom. The van der Waals surface area contributed by atoms with Crippen LogP contribution >= 0.6 is 0 Å². The van der Waals surface area contributed by atoms with Gasteiger partial charge in [0.25, 0.3) is 5.69 Å². The lowest BCUT2D eigenvalue weighted by Crippen LogP contribution is -2.09. The summed E-state index contributed by atoms with van der Waals surface area (Å²) in [5, 5.41) is 31.0. The summed E-state index contributed by atoms with van der Waals surface area (Å²) in [4.78, 5) is 23.5. The van der Waals surface area contributed by atoms with Gasteiger partial charge in [-0.2, -0.15) is 20.1 Å². The summed E-state index contributed by atoms with van der Waals surface area (Å²) < 4.78 is 5.10. The van der Waals surface area contributed by atoms with Crippen molar-refractivity contribution in [2.45, 2.75) is 6.54 Å². The highest BCUT2D eigenvalue weighted by Crippen LogP contribution is 2.25. The summed E-state index contributed by atoms with van der Waals surface area (Å²) in [5.74, 6) is 1.00. The summed E-state index contributed by atoms with van der Waals surface area (Å²) in [6, 6.07) is 20.4. The Hall–Kier alpha value is -5.26. The van der Waals surface area contributed by atoms with E-state index >= 15 is 0 Å². The molecule has 12 nitrogen and oxygen atoms in total. The predicted octanol–water partition coefficient (Wildman–Crippen LogP) is 4.30. The zero-order valence-corrected chi connectivity index (χ0v) is 19.1. The first kappa shape index (κ1) is 23.9. The van der Waals surface area contributed by atoms with Crippen molar-refractivity contribution in [2.75, 3.05) is 23.2 Å². The summed E-state index contributed by atoms with van der Waals surface area (Å²) in [5.41, 5.74) is 5.02. The SMILES string of the molecule is COc1cc(/C=N\Nc2nc(NCc3ccccc3)nc(Nc3ccc([N+](=O)[O-])cc3)n2)ccc1O. The lowest BCUT2D eigenvalue weighted by atomic mass is 10.2. The third kappa shape index (κ3) is 6.41. The van der Waals surface area contributed by atoms with Gasteiger partial charge in [-0.05, 0) is 41.5 Å². The number of anilines is 4. The van der Waals surface area contributed by atoms with Gasteiger partial charge in [-0.1, -0.05) is 30.3 Å². The van der Waals surface area contributed by atoms with Crippen molar-refractivity contribution in [1.82, 2.24) is 15.0 Å². The van der Waals surface area contributed by atoms with E-state index in [0.29, 0.717) is 29.5 Å². The maximum Gasteiger partial charge on any atom is 0.269 e. The maximum absolute atomic E-state index is 10.9. The number of ether oxygens (including phenoxy) is 1. The standard InChI is InChI=1S/C24H22N8O4/c1-36-21-13-17(7-12-20(21)33)15-26-31-24-29-22(25-14-16-5-3-2-4-6-16)28-23(30-24)27-18-8-10-19(11-9-18)32(34)35/h2-13,15,33H,14H2,1H3,(H3,25,27,28,29,30,31)/b26-15-. The zero-order chi connectivity index (χ0) is 25.3. The molecule has 182 valence electrons. The molecule has 12 heteroatoms. The largest absolute Gasteiger partial charge is 0.504 e. The van der Waals surface area contributed by atoms with E-state index in [1.54, 1.807) is 24.3 Å². The first-order valence-electron chi connectivity index (χ1n) is 10.7. The number of hydrogen-bond acceptors (Lipinski definition) is 11. The minimum Gasteiger partial charge on any atom is -0.504 e. The van der Waals surface area contributed by atoms with Crippen LogP contribution in [0.25, 0.3) is 0 Å². The van der Waals surface area contributed by atoms with Crippen molar-refractivity contribution in [3.8, 4) is 11.5 Å². The number of hydrogen-bond donors (Lipinski definition) is 4. The number of aromatic nitrogens is 3. The lowest BCUT2D eigenvalue weighted by Gasteiger charge is -2.10. The fraction of sp³-hybridized carbons (Fsp3) is 0.0833. The predicted molar refractivity (Wildman–Crippen MR) is 136 cm³/mol. The molecule has 0 unspecified atom stereocenters. The Labute approximate surface area is 205 Å². The Balaban J connectivity index is 1.54. The summed E-state index contributed by atoms with van der Waals surface area (Å²) >= 11 is 0. The number of nitro groups is 1. The Kier molecular flexibility index (Phi) is 7.46. The molecule has 1 heterocycles. The first-order chi connectivity index (χ1) is 17.5. The molecule has 0 atom stereocenters. The van der Waals surface area contributed by atoms with Gasteiger partial charge in [0.15, 0.2) is 11.5 Å². The molecule has 1 aromatic heterocycles. The van der Waals surface area contributed by atoms with Crippen LogP contribution in [0.1, 0.15) is 11.1 Å². The third-order valence-electron chi connectivity index (χ3n) is 4.85. The molecule has 3 aromatic carbocycles. The van der Waals surface area contributed by atoms with Gasteiger partial charge in [0.2, 0.25) is 17.8 Å². The molecule has 0 amide bonds. The summed E-state index contributed by atoms with van der Waals surface area (Å²) in [6.07, 6.45) is 1.52. The van der Waals surface area contributed by atoms with Gasteiger partial charge in [-0.25, -0.2) is 5.43 Å². The van der Waals surface area contributed by atoms with Gasteiger partial charge in [-0.15, -0.1) is 0 Å². The zero-order valence-electron chi connectivity index (χ0n) is 19.1. The van der Waals surface area contributed by atoms with Crippen molar-refractivity contribution in [2.24, 2.45) is 5.10 Å². The number of benzene rings is 3. The number of methoxy groups -OCH3 is 1. The smallest absolute Gasteiger partial charge is 0.269 e. The van der Waals surface area contributed by atoms with Crippen LogP contribution in [-0.4, -0.2) is 38.3 Å². The van der Waals surface area contributed by atoms with Crippen LogP contribution in [0, 0.1) is 10.1 Å². The molecule has 0 saturated heterocycles. The molecule has 0 aliphatic carbocycles. The van der Waals surface area contributed by atoms with Crippen molar-refractivity contribution in [3.63, 3.8) is 0 Å². The molecule has 0 bridgehead atoms. The molecule has 0 aliphatic rings. The highest BCUT2D eigenvalue weighted by Gasteiger charge is 2.09. The highest BCUT2D eigenvalue weighted by molar-refractivity contribution is 5.81. The summed E-state index contributed by atoms with van der Waals surface area (Å²) in [7, 11) is 1.46. The molecule has 36 heavy (non-hydrogen) atoms. The van der Waals surface area contributed by atoms with E-state index in [0.717, 1.165) is 5.56 Å². The van der Waals surface area contributed by atoms with Crippen LogP contribution in [0.4, 0.5) is 29.2 Å². The molecule has 4 rings (SSSR count). The van der Waals surface area contributed by atoms with Crippen LogP contribution in [0.3, 0.4) is 0 Å². The van der Waals surface area contributed by atoms with Crippen LogP contribution in [0.15, 0.2) is 77.9 Å². The minimum absolute atomic E-state index is 0.0241. The van der Waals surface area contributed by atoms with Crippen molar-refractivity contribution in [1.29, 1.82) is 0 Å². The highest BCUT2D eigenvalue weighted by atomic mass is 16.6. The van der Waals surface area contributed by atoms with Crippen LogP contribution < -0.4 is 20.8 Å². The number of nitrogens with zero attached hydrogens (tertiary/aromatic N) is 5. The van der Waals surface area contributed by atoms with E-state index in [9.17, 15) is 15.2 Å². The number of rotatable bonds is 10. The van der Waals surface area contributed by atoms with Gasteiger partial charge >= 0.3 is 0 Å². The molecule has 0 spiro atoms. The number of phenols is 1. The Morgan fingerprint density at radius 3 is 2.44 bits per heavy atom. The number of non-ortho nitro benzene ring substituents is 1. The Morgan fingerprint density at radius 2 is 1.72 bits per heavy atom. The first-order valence-corrected chi connectivity index (χ1v) is 10.7. The monoisotopic (exact) mass is 486 g/mol. The number of nitrogens with one attached hydrogen (secondary N) is 3. The quantitative estimate of drug-likeness (QED) is 0.145. The molecule has 0 saturated carbocycles. The van der Waals surface area contributed by atoms with E-state index in [2.05, 4.69) is 36.1 Å². The third-order valence-corrected chi connectivity index (χ3v) is 4.85. The fourth-order valence-electron chi connectivity index (χ4n) is 3.07. The molecule has 4 N–H and O–H groups in total. The molecular formula is C24H22N8O4. The second-order valence-corrected chi connectivity index (χ2v) is 7.38. The van der Waals surface area contributed by atoms with Gasteiger partial charge in [0.05, 0.1) is 18.2 Å². The van der Waals surface area contributed by atoms with E-state index < -0.39 is 4.92 Å². The van der Waals surface area contributed by atoms with Gasteiger partial charge in [-0.3, -0.25) is 10.1 Å². The number of aromatic hydroxyl groups is 1. The Bertz CT molecular complexity index is 1360. The molecule has 4 aromatic rings. The lowest BCUT2D eigenvalue weighted by molar-refractivity contribution is -0.384. The minimum atomic E-state index is -0.470. The van der Waals surface area contributed by atoms with Gasteiger partial charge < -0.3 is 20.5 Å². The molecule has 0 aliphatic heterocycles. The molecule has 0 fully saturated rings. The van der Waals surface area contributed by atoms with Crippen LogP contribution in [-0.2, 0) is 6.54 Å². The van der Waals surface area contributed by atoms with Crippen LogP contribution in [0.5, 0.6) is 11.5 Å². The number of phenolic OH excluding ortho intramolecular Hbond substituents is 1. The van der Waals surface area contributed by atoms with E-state index in [1.807, 2.05) is 30.3 Å². The topological polar surface area (TPSA) is 160 Å². The van der Waals surface area contributed by atoms with Crippen LogP contribution in [0.2, 0.25) is 0 Å². The van der Waals surface area contributed by atoms with Gasteiger partial charge in [0, 0.05) is 24.4 Å². The average Bonchev–Trinajstić information content (AvgIpc) is 2.89. The van der Waals surface area contributed by atoms with Crippen molar-refractivity contribution >= 4 is 35.4 Å².